The molecular weight excluding hydrogens is 480 g/mol. The van der Waals surface area contributed by atoms with Gasteiger partial charge in [-0.15, -0.1) is 6.42 Å². The third-order valence-corrected chi connectivity index (χ3v) is 7.44. The number of hydrogen-bond acceptors (Lipinski definition) is 4. The lowest BCUT2D eigenvalue weighted by Crippen LogP contribution is -2.23. The third-order valence-electron chi connectivity index (χ3n) is 7.44. The molecule has 5 rings (SSSR count). The van der Waals surface area contributed by atoms with Gasteiger partial charge in [-0.05, 0) is 74.1 Å². The van der Waals surface area contributed by atoms with Crippen LogP contribution in [0.15, 0.2) is 60.7 Å². The summed E-state index contributed by atoms with van der Waals surface area (Å²) in [6, 6.07) is 19.1. The molecule has 194 valence electrons. The molecule has 0 spiro atoms. The molecule has 0 saturated heterocycles. The number of hydrogen-bond donors (Lipinski definition) is 2. The van der Waals surface area contributed by atoms with Crippen molar-refractivity contribution in [2.24, 2.45) is 0 Å². The van der Waals surface area contributed by atoms with Crippen molar-refractivity contribution < 1.29 is 9.59 Å². The average Bonchev–Trinajstić information content (AvgIpc) is 2.93. The van der Waals surface area contributed by atoms with Gasteiger partial charge in [0.05, 0.1) is 28.2 Å². The number of ketones is 2. The van der Waals surface area contributed by atoms with Crippen LogP contribution in [0.25, 0.3) is 0 Å². The SMILES string of the molecule is C#Cc1cc(C)cc(CC)c1Nc1ccc(Nc2c(C)cc(C)cc2CC)c2c1C(=O)c1ccccc1C2=O. The first-order chi connectivity index (χ1) is 18.8. The lowest BCUT2D eigenvalue weighted by molar-refractivity contribution is 0.0980. The fourth-order valence-electron chi connectivity index (χ4n) is 5.62. The van der Waals surface area contributed by atoms with E-state index in [0.29, 0.717) is 33.6 Å². The number of fused-ring (bicyclic) bond motifs is 2. The van der Waals surface area contributed by atoms with Crippen molar-refractivity contribution in [2.45, 2.75) is 47.5 Å². The highest BCUT2D eigenvalue weighted by atomic mass is 16.1. The summed E-state index contributed by atoms with van der Waals surface area (Å²) in [4.78, 5) is 28.0. The Balaban J connectivity index is 1.73. The second-order valence-corrected chi connectivity index (χ2v) is 10.2. The highest BCUT2D eigenvalue weighted by Gasteiger charge is 2.34. The number of carbonyl (C=O) groups is 2. The molecule has 0 heterocycles. The fourth-order valence-corrected chi connectivity index (χ4v) is 5.62. The number of aryl methyl sites for hydroxylation is 5. The molecule has 4 aromatic carbocycles. The summed E-state index contributed by atoms with van der Waals surface area (Å²) in [7, 11) is 0. The molecule has 0 aromatic heterocycles. The van der Waals surface area contributed by atoms with Crippen molar-refractivity contribution in [3.05, 3.63) is 116 Å². The first kappa shape index (κ1) is 26.0. The van der Waals surface area contributed by atoms with Gasteiger partial charge in [0.25, 0.3) is 0 Å². The minimum atomic E-state index is -0.185. The molecule has 0 aliphatic heterocycles. The third kappa shape index (κ3) is 4.51. The Morgan fingerprint density at radius 3 is 1.69 bits per heavy atom. The van der Waals surface area contributed by atoms with Crippen LogP contribution < -0.4 is 10.6 Å². The molecule has 0 atom stereocenters. The Kier molecular flexibility index (Phi) is 6.85. The summed E-state index contributed by atoms with van der Waals surface area (Å²) in [5, 5.41) is 7.01. The molecule has 0 saturated carbocycles. The lowest BCUT2D eigenvalue weighted by atomic mass is 9.82. The van der Waals surface area contributed by atoms with Crippen LogP contribution >= 0.6 is 0 Å². The van der Waals surface area contributed by atoms with Gasteiger partial charge in [0.15, 0.2) is 11.6 Å². The Morgan fingerprint density at radius 1 is 0.692 bits per heavy atom. The topological polar surface area (TPSA) is 58.2 Å². The van der Waals surface area contributed by atoms with Crippen LogP contribution in [0.5, 0.6) is 0 Å². The van der Waals surface area contributed by atoms with Crippen LogP contribution in [-0.2, 0) is 12.8 Å². The zero-order valence-electron chi connectivity index (χ0n) is 23.1. The molecule has 0 fully saturated rings. The smallest absolute Gasteiger partial charge is 0.196 e. The zero-order chi connectivity index (χ0) is 27.8. The summed E-state index contributed by atoms with van der Waals surface area (Å²) < 4.78 is 0. The van der Waals surface area contributed by atoms with Gasteiger partial charge in [-0.25, -0.2) is 0 Å². The van der Waals surface area contributed by atoms with Crippen LogP contribution in [0.2, 0.25) is 0 Å². The minimum Gasteiger partial charge on any atom is -0.354 e. The van der Waals surface area contributed by atoms with Crippen LogP contribution in [0.1, 0.15) is 79.1 Å². The zero-order valence-corrected chi connectivity index (χ0v) is 23.1. The van der Waals surface area contributed by atoms with E-state index >= 15 is 0 Å². The molecule has 39 heavy (non-hydrogen) atoms. The maximum atomic E-state index is 14.0. The molecule has 0 bridgehead atoms. The maximum Gasteiger partial charge on any atom is 0.196 e. The monoisotopic (exact) mass is 512 g/mol. The normalized spacial score (nSPS) is 12.0. The first-order valence-electron chi connectivity index (χ1n) is 13.4. The summed E-state index contributed by atoms with van der Waals surface area (Å²) in [5.74, 6) is 2.43. The summed E-state index contributed by atoms with van der Waals surface area (Å²) in [5.41, 5.74) is 10.8. The molecule has 0 radical (unpaired) electrons. The maximum absolute atomic E-state index is 14.0. The number of terminal acetylenes is 1. The highest BCUT2D eigenvalue weighted by Crippen LogP contribution is 2.40. The number of benzene rings is 4. The van der Waals surface area contributed by atoms with E-state index in [1.165, 1.54) is 5.56 Å². The second kappa shape index (κ2) is 10.3. The number of rotatable bonds is 6. The predicted molar refractivity (Wildman–Crippen MR) is 160 cm³/mol. The van der Waals surface area contributed by atoms with Crippen molar-refractivity contribution in [1.29, 1.82) is 0 Å². The molecule has 1 aliphatic rings. The quantitative estimate of drug-likeness (QED) is 0.226. The fraction of sp³-hybridized carbons (Fsp3) is 0.200. The Morgan fingerprint density at radius 2 is 1.18 bits per heavy atom. The summed E-state index contributed by atoms with van der Waals surface area (Å²) >= 11 is 0. The molecule has 4 nitrogen and oxygen atoms in total. The van der Waals surface area contributed by atoms with E-state index in [0.717, 1.165) is 52.0 Å². The van der Waals surface area contributed by atoms with Gasteiger partial charge in [0.2, 0.25) is 0 Å². The van der Waals surface area contributed by atoms with Gasteiger partial charge < -0.3 is 10.6 Å². The molecule has 0 unspecified atom stereocenters. The number of nitrogens with one attached hydrogen (secondary N) is 2. The van der Waals surface area contributed by atoms with Crippen LogP contribution in [-0.4, -0.2) is 11.6 Å². The molecule has 2 N–H and O–H groups in total. The van der Waals surface area contributed by atoms with E-state index in [1.807, 2.05) is 25.1 Å². The Labute approximate surface area is 230 Å². The molecular formula is C35H32N2O2. The second-order valence-electron chi connectivity index (χ2n) is 10.2. The van der Waals surface area contributed by atoms with Gasteiger partial charge >= 0.3 is 0 Å². The van der Waals surface area contributed by atoms with Gasteiger partial charge in [-0.2, -0.15) is 0 Å². The standard InChI is InChI=1S/C35H32N2O2/c1-7-23-17-20(4)16-22(6)32(23)36-28-14-15-29(37-33-24(8-2)18-21(5)19-25(33)9-3)31-30(28)34(38)26-12-10-11-13-27(26)35(31)39/h2,10-19,36-37H,7,9H2,1,3-6H3. The van der Waals surface area contributed by atoms with Crippen molar-refractivity contribution in [2.75, 3.05) is 10.6 Å². The van der Waals surface area contributed by atoms with Crippen molar-refractivity contribution in [1.82, 2.24) is 0 Å². The summed E-state index contributed by atoms with van der Waals surface area (Å²) in [6.45, 7) is 10.3. The lowest BCUT2D eigenvalue weighted by Gasteiger charge is -2.26. The van der Waals surface area contributed by atoms with Crippen LogP contribution in [0, 0.1) is 33.1 Å². The molecule has 0 amide bonds. The molecule has 4 heteroatoms. The van der Waals surface area contributed by atoms with Crippen LogP contribution in [0.4, 0.5) is 22.7 Å². The predicted octanol–water partition coefficient (Wildman–Crippen LogP) is 7.98. The number of carbonyl (C=O) groups excluding carboxylic acids is 2. The average molecular weight is 513 g/mol. The van der Waals surface area contributed by atoms with E-state index in [4.69, 9.17) is 6.42 Å². The van der Waals surface area contributed by atoms with E-state index in [9.17, 15) is 9.59 Å². The van der Waals surface area contributed by atoms with Gasteiger partial charge in [0.1, 0.15) is 0 Å². The van der Waals surface area contributed by atoms with Gasteiger partial charge in [-0.3, -0.25) is 9.59 Å². The number of anilines is 4. The molecule has 4 aromatic rings. The Hall–Kier alpha value is -4.62. The van der Waals surface area contributed by atoms with E-state index in [2.05, 4.69) is 62.4 Å². The van der Waals surface area contributed by atoms with E-state index in [1.54, 1.807) is 24.3 Å². The van der Waals surface area contributed by atoms with E-state index in [-0.39, 0.29) is 11.6 Å². The summed E-state index contributed by atoms with van der Waals surface area (Å²) in [6.07, 6.45) is 7.49. The van der Waals surface area contributed by atoms with Gasteiger partial charge in [0, 0.05) is 22.4 Å². The van der Waals surface area contributed by atoms with Crippen LogP contribution in [0.3, 0.4) is 0 Å². The Bertz CT molecular complexity index is 1710. The van der Waals surface area contributed by atoms with Crippen molar-refractivity contribution in [3.8, 4) is 12.3 Å². The van der Waals surface area contributed by atoms with Crippen molar-refractivity contribution >= 4 is 34.3 Å². The van der Waals surface area contributed by atoms with E-state index < -0.39 is 0 Å². The minimum absolute atomic E-state index is 0.175. The largest absolute Gasteiger partial charge is 0.354 e. The highest BCUT2D eigenvalue weighted by molar-refractivity contribution is 6.32. The van der Waals surface area contributed by atoms with Gasteiger partial charge in [-0.1, -0.05) is 67.8 Å². The van der Waals surface area contributed by atoms with Crippen molar-refractivity contribution in [3.63, 3.8) is 0 Å². The first-order valence-corrected chi connectivity index (χ1v) is 13.4. The molecule has 1 aliphatic carbocycles.